The van der Waals surface area contributed by atoms with Gasteiger partial charge in [-0.2, -0.15) is 0 Å². The molecule has 0 unspecified atom stereocenters. The van der Waals surface area contributed by atoms with E-state index in [0.717, 1.165) is 29.5 Å². The number of hydrogen-bond acceptors (Lipinski definition) is 2. The Kier molecular flexibility index (Phi) is 3.56. The minimum absolute atomic E-state index is 0.237. The molecule has 0 atom stereocenters. The SMILES string of the molecule is CCc1cc(CC)c(O)c(-c2ccc(O)cc2)c1. The highest BCUT2D eigenvalue weighted by Crippen LogP contribution is 2.34. The number of hydrogen-bond donors (Lipinski definition) is 2. The van der Waals surface area contributed by atoms with E-state index in [4.69, 9.17) is 0 Å². The molecule has 94 valence electrons. The zero-order valence-corrected chi connectivity index (χ0v) is 10.8. The predicted molar refractivity (Wildman–Crippen MR) is 74.0 cm³/mol. The number of rotatable bonds is 3. The second-order valence-electron chi connectivity index (χ2n) is 4.41. The van der Waals surface area contributed by atoms with Gasteiger partial charge in [0.1, 0.15) is 11.5 Å². The second-order valence-corrected chi connectivity index (χ2v) is 4.41. The van der Waals surface area contributed by atoms with Crippen molar-refractivity contribution < 1.29 is 10.2 Å². The van der Waals surface area contributed by atoms with Crippen LogP contribution in [0.5, 0.6) is 11.5 Å². The fourth-order valence-electron chi connectivity index (χ4n) is 2.10. The van der Waals surface area contributed by atoms with Crippen molar-refractivity contribution in [1.82, 2.24) is 0 Å². The predicted octanol–water partition coefficient (Wildman–Crippen LogP) is 3.89. The fraction of sp³-hybridized carbons (Fsp3) is 0.250. The first-order valence-electron chi connectivity index (χ1n) is 6.29. The van der Waals surface area contributed by atoms with Crippen LogP contribution in [0.4, 0.5) is 0 Å². The molecule has 0 aliphatic carbocycles. The van der Waals surface area contributed by atoms with Crippen LogP contribution < -0.4 is 0 Å². The van der Waals surface area contributed by atoms with Gasteiger partial charge in [-0.1, -0.05) is 32.0 Å². The van der Waals surface area contributed by atoms with Gasteiger partial charge in [0.15, 0.2) is 0 Å². The van der Waals surface area contributed by atoms with Gasteiger partial charge >= 0.3 is 0 Å². The van der Waals surface area contributed by atoms with Gasteiger partial charge in [-0.15, -0.1) is 0 Å². The van der Waals surface area contributed by atoms with Crippen LogP contribution in [0.15, 0.2) is 36.4 Å². The van der Waals surface area contributed by atoms with Crippen LogP contribution >= 0.6 is 0 Å². The highest BCUT2D eigenvalue weighted by atomic mass is 16.3. The molecule has 0 bridgehead atoms. The smallest absolute Gasteiger partial charge is 0.126 e. The van der Waals surface area contributed by atoms with E-state index in [2.05, 4.69) is 13.0 Å². The molecule has 0 saturated heterocycles. The van der Waals surface area contributed by atoms with Crippen LogP contribution in [0.2, 0.25) is 0 Å². The molecule has 0 aliphatic rings. The molecular weight excluding hydrogens is 224 g/mol. The van der Waals surface area contributed by atoms with E-state index in [1.54, 1.807) is 12.1 Å². The standard InChI is InChI=1S/C16H18O2/c1-3-11-9-12(4-2)16(18)15(10-11)13-5-7-14(17)8-6-13/h5-10,17-18H,3-4H2,1-2H3. The van der Waals surface area contributed by atoms with E-state index < -0.39 is 0 Å². The normalized spacial score (nSPS) is 10.6. The lowest BCUT2D eigenvalue weighted by Gasteiger charge is -2.12. The van der Waals surface area contributed by atoms with E-state index in [1.165, 1.54) is 5.56 Å². The van der Waals surface area contributed by atoms with Crippen molar-refractivity contribution in [3.8, 4) is 22.6 Å². The Labute approximate surface area is 108 Å². The van der Waals surface area contributed by atoms with Crippen LogP contribution in [0.3, 0.4) is 0 Å². The summed E-state index contributed by atoms with van der Waals surface area (Å²) in [4.78, 5) is 0. The van der Waals surface area contributed by atoms with Crippen LogP contribution in [0.25, 0.3) is 11.1 Å². The molecule has 0 aromatic heterocycles. The highest BCUT2D eigenvalue weighted by Gasteiger charge is 2.10. The molecule has 2 N–H and O–H groups in total. The zero-order valence-electron chi connectivity index (χ0n) is 10.8. The molecule has 0 heterocycles. The first-order chi connectivity index (χ1) is 8.65. The zero-order chi connectivity index (χ0) is 13.1. The van der Waals surface area contributed by atoms with Gasteiger partial charge < -0.3 is 10.2 Å². The first-order valence-corrected chi connectivity index (χ1v) is 6.29. The Morgan fingerprint density at radius 1 is 0.889 bits per heavy atom. The summed E-state index contributed by atoms with van der Waals surface area (Å²) in [5, 5.41) is 19.6. The van der Waals surface area contributed by atoms with Gasteiger partial charge in [-0.25, -0.2) is 0 Å². The number of aryl methyl sites for hydroxylation is 2. The van der Waals surface area contributed by atoms with E-state index in [1.807, 2.05) is 25.1 Å². The van der Waals surface area contributed by atoms with Crippen molar-refractivity contribution in [3.63, 3.8) is 0 Å². The van der Waals surface area contributed by atoms with Gasteiger partial charge in [-0.3, -0.25) is 0 Å². The van der Waals surface area contributed by atoms with E-state index in [9.17, 15) is 10.2 Å². The van der Waals surface area contributed by atoms with Crippen molar-refractivity contribution in [3.05, 3.63) is 47.5 Å². The van der Waals surface area contributed by atoms with Crippen LogP contribution in [0, 0.1) is 0 Å². The lowest BCUT2D eigenvalue weighted by atomic mass is 9.96. The molecule has 2 aromatic carbocycles. The van der Waals surface area contributed by atoms with Crippen LogP contribution in [-0.4, -0.2) is 10.2 Å². The first kappa shape index (κ1) is 12.5. The van der Waals surface area contributed by atoms with Gasteiger partial charge in [0, 0.05) is 5.56 Å². The maximum Gasteiger partial charge on any atom is 0.126 e. The Morgan fingerprint density at radius 2 is 1.56 bits per heavy atom. The Bertz CT molecular complexity index is 542. The number of phenolic OH excluding ortho intramolecular Hbond substituents is 2. The third-order valence-electron chi connectivity index (χ3n) is 3.22. The lowest BCUT2D eigenvalue weighted by Crippen LogP contribution is -1.91. The summed E-state index contributed by atoms with van der Waals surface area (Å²) in [5.74, 6) is 0.584. The summed E-state index contributed by atoms with van der Waals surface area (Å²) < 4.78 is 0. The molecule has 0 aliphatic heterocycles. The quantitative estimate of drug-likeness (QED) is 0.857. The van der Waals surface area contributed by atoms with Crippen LogP contribution in [0.1, 0.15) is 25.0 Å². The van der Waals surface area contributed by atoms with Crippen molar-refractivity contribution in [2.45, 2.75) is 26.7 Å². The van der Waals surface area contributed by atoms with Crippen molar-refractivity contribution >= 4 is 0 Å². The van der Waals surface area contributed by atoms with Crippen molar-refractivity contribution in [1.29, 1.82) is 0 Å². The molecule has 0 amide bonds. The average Bonchev–Trinajstić information content (AvgIpc) is 2.40. The van der Waals surface area contributed by atoms with Gasteiger partial charge in [0.05, 0.1) is 0 Å². The Balaban J connectivity index is 2.58. The molecule has 0 radical (unpaired) electrons. The topological polar surface area (TPSA) is 40.5 Å². The van der Waals surface area contributed by atoms with E-state index in [-0.39, 0.29) is 5.75 Å². The Hall–Kier alpha value is -1.96. The lowest BCUT2D eigenvalue weighted by molar-refractivity contribution is 0.470. The maximum atomic E-state index is 10.3. The molecule has 2 aromatic rings. The largest absolute Gasteiger partial charge is 0.508 e. The summed E-state index contributed by atoms with van der Waals surface area (Å²) in [7, 11) is 0. The minimum atomic E-state index is 0.237. The molecule has 0 saturated carbocycles. The third kappa shape index (κ3) is 2.33. The number of aromatic hydroxyl groups is 2. The molecule has 18 heavy (non-hydrogen) atoms. The van der Waals surface area contributed by atoms with Crippen molar-refractivity contribution in [2.75, 3.05) is 0 Å². The summed E-state index contributed by atoms with van der Waals surface area (Å²) in [6.45, 7) is 4.14. The minimum Gasteiger partial charge on any atom is -0.508 e. The van der Waals surface area contributed by atoms with Gasteiger partial charge in [0.2, 0.25) is 0 Å². The fourth-order valence-corrected chi connectivity index (χ4v) is 2.10. The average molecular weight is 242 g/mol. The summed E-state index contributed by atoms with van der Waals surface area (Å²) in [6, 6.07) is 11.0. The van der Waals surface area contributed by atoms with Crippen molar-refractivity contribution in [2.24, 2.45) is 0 Å². The van der Waals surface area contributed by atoms with E-state index in [0.29, 0.717) is 5.75 Å². The van der Waals surface area contributed by atoms with Crippen LogP contribution in [-0.2, 0) is 12.8 Å². The molecule has 0 spiro atoms. The second kappa shape index (κ2) is 5.13. The molecule has 0 fully saturated rings. The third-order valence-corrected chi connectivity index (χ3v) is 3.22. The summed E-state index contributed by atoms with van der Waals surface area (Å²) >= 11 is 0. The molecule has 2 nitrogen and oxygen atoms in total. The summed E-state index contributed by atoms with van der Waals surface area (Å²) in [5.41, 5.74) is 3.95. The van der Waals surface area contributed by atoms with E-state index >= 15 is 0 Å². The molecule has 2 rings (SSSR count). The molecule has 2 heteroatoms. The summed E-state index contributed by atoms with van der Waals surface area (Å²) in [6.07, 6.45) is 1.75. The molecular formula is C16H18O2. The monoisotopic (exact) mass is 242 g/mol. The Morgan fingerprint density at radius 3 is 2.11 bits per heavy atom. The maximum absolute atomic E-state index is 10.3. The highest BCUT2D eigenvalue weighted by molar-refractivity contribution is 5.73. The van der Waals surface area contributed by atoms with Gasteiger partial charge in [-0.05, 0) is 47.7 Å². The van der Waals surface area contributed by atoms with Gasteiger partial charge in [0.25, 0.3) is 0 Å². The number of phenols is 2. The number of benzene rings is 2.